The Morgan fingerprint density at radius 2 is 1.75 bits per heavy atom. The molecular formula is C10H9Br2NO2S. The molecule has 0 atom stereocenters. The molecule has 86 valence electrons. The second-order valence-electron chi connectivity index (χ2n) is 3.28. The van der Waals surface area contributed by atoms with Crippen LogP contribution < -0.4 is 0 Å². The number of rotatable bonds is 4. The van der Waals surface area contributed by atoms with Crippen LogP contribution in [0.4, 0.5) is 0 Å². The summed E-state index contributed by atoms with van der Waals surface area (Å²) in [4.78, 5) is 0. The summed E-state index contributed by atoms with van der Waals surface area (Å²) in [7, 11) is -3.19. The van der Waals surface area contributed by atoms with Crippen LogP contribution in [-0.2, 0) is 15.6 Å². The highest BCUT2D eigenvalue weighted by atomic mass is 79.9. The largest absolute Gasteiger partial charge is 0.228 e. The molecule has 0 saturated carbocycles. The van der Waals surface area contributed by atoms with Crippen LogP contribution in [-0.4, -0.2) is 14.2 Å². The predicted molar refractivity (Wildman–Crippen MR) is 69.6 cm³/mol. The van der Waals surface area contributed by atoms with E-state index in [4.69, 9.17) is 5.26 Å². The molecule has 0 unspecified atom stereocenters. The number of nitriles is 1. The van der Waals surface area contributed by atoms with Crippen LogP contribution >= 0.6 is 31.9 Å². The number of nitrogens with zero attached hydrogens (tertiary/aromatic N) is 1. The van der Waals surface area contributed by atoms with Gasteiger partial charge >= 0.3 is 0 Å². The van der Waals surface area contributed by atoms with Gasteiger partial charge < -0.3 is 0 Å². The molecule has 0 fully saturated rings. The summed E-state index contributed by atoms with van der Waals surface area (Å²) in [6, 6.07) is 7.19. The van der Waals surface area contributed by atoms with Gasteiger partial charge in [-0.1, -0.05) is 31.9 Å². The Morgan fingerprint density at radius 1 is 1.19 bits per heavy atom. The molecule has 0 N–H and O–H groups in total. The van der Waals surface area contributed by atoms with Crippen molar-refractivity contribution in [2.24, 2.45) is 0 Å². The SMILES string of the molecule is N#CCCS(=O)(=O)Cc1cc(Br)cc(Br)c1. The molecule has 0 heterocycles. The Labute approximate surface area is 112 Å². The van der Waals surface area contributed by atoms with Crippen LogP contribution in [0.2, 0.25) is 0 Å². The smallest absolute Gasteiger partial charge is 0.155 e. The minimum Gasteiger partial charge on any atom is -0.228 e. The van der Waals surface area contributed by atoms with Crippen molar-refractivity contribution in [3.05, 3.63) is 32.7 Å². The lowest BCUT2D eigenvalue weighted by Gasteiger charge is -2.04. The molecule has 1 aromatic carbocycles. The quantitative estimate of drug-likeness (QED) is 0.822. The predicted octanol–water partition coefficient (Wildman–Crippen LogP) is 3.04. The number of benzene rings is 1. The van der Waals surface area contributed by atoms with Gasteiger partial charge in [-0.3, -0.25) is 0 Å². The summed E-state index contributed by atoms with van der Waals surface area (Å²) >= 11 is 6.59. The first-order chi connectivity index (χ1) is 7.43. The van der Waals surface area contributed by atoms with Gasteiger partial charge in [-0.15, -0.1) is 0 Å². The minimum absolute atomic E-state index is 0.0350. The van der Waals surface area contributed by atoms with E-state index in [9.17, 15) is 8.42 Å². The molecule has 6 heteroatoms. The van der Waals surface area contributed by atoms with Gasteiger partial charge in [0, 0.05) is 15.4 Å². The van der Waals surface area contributed by atoms with Crippen molar-refractivity contribution in [1.82, 2.24) is 0 Å². The molecule has 0 bridgehead atoms. The maximum absolute atomic E-state index is 11.6. The average Bonchev–Trinajstić information content (AvgIpc) is 2.12. The molecule has 16 heavy (non-hydrogen) atoms. The van der Waals surface area contributed by atoms with Crippen LogP contribution in [0.1, 0.15) is 12.0 Å². The van der Waals surface area contributed by atoms with E-state index in [-0.39, 0.29) is 17.9 Å². The van der Waals surface area contributed by atoms with Gasteiger partial charge in [0.25, 0.3) is 0 Å². The molecule has 3 nitrogen and oxygen atoms in total. The van der Waals surface area contributed by atoms with Crippen LogP contribution in [0.25, 0.3) is 0 Å². The lowest BCUT2D eigenvalue weighted by molar-refractivity contribution is 0.595. The van der Waals surface area contributed by atoms with E-state index >= 15 is 0 Å². The van der Waals surface area contributed by atoms with Crippen molar-refractivity contribution < 1.29 is 8.42 Å². The molecule has 0 radical (unpaired) electrons. The summed E-state index contributed by atoms with van der Waals surface area (Å²) in [5.41, 5.74) is 0.708. The molecule has 1 rings (SSSR count). The molecule has 0 aliphatic carbocycles. The summed E-state index contributed by atoms with van der Waals surface area (Å²) in [6.07, 6.45) is 0.0392. The molecule has 0 saturated heterocycles. The topological polar surface area (TPSA) is 57.9 Å². The highest BCUT2D eigenvalue weighted by molar-refractivity contribution is 9.11. The van der Waals surface area contributed by atoms with Gasteiger partial charge in [-0.05, 0) is 23.8 Å². The first-order valence-corrected chi connectivity index (χ1v) is 7.86. The maximum atomic E-state index is 11.6. The average molecular weight is 367 g/mol. The van der Waals surface area contributed by atoms with Crippen LogP contribution in [0, 0.1) is 11.3 Å². The molecule has 0 spiro atoms. The standard InChI is InChI=1S/C10H9Br2NO2S/c11-9-4-8(5-10(12)6-9)7-16(14,15)3-1-2-13/h4-6H,1,3,7H2. The van der Waals surface area contributed by atoms with Gasteiger partial charge in [0.1, 0.15) is 0 Å². The van der Waals surface area contributed by atoms with E-state index in [0.29, 0.717) is 5.56 Å². The Kier molecular flexibility index (Phi) is 4.96. The van der Waals surface area contributed by atoms with Crippen LogP contribution in [0.15, 0.2) is 27.1 Å². The van der Waals surface area contributed by atoms with Crippen molar-refractivity contribution in [3.8, 4) is 6.07 Å². The molecule has 0 aliphatic heterocycles. The van der Waals surface area contributed by atoms with Crippen molar-refractivity contribution in [1.29, 1.82) is 5.26 Å². The molecule has 0 aromatic heterocycles. The van der Waals surface area contributed by atoms with Gasteiger partial charge in [-0.2, -0.15) is 5.26 Å². The second kappa shape index (κ2) is 5.80. The van der Waals surface area contributed by atoms with Crippen LogP contribution in [0.3, 0.4) is 0 Å². The van der Waals surface area contributed by atoms with E-state index in [1.165, 1.54) is 0 Å². The zero-order valence-corrected chi connectivity index (χ0v) is 12.3. The maximum Gasteiger partial charge on any atom is 0.155 e. The zero-order valence-electron chi connectivity index (χ0n) is 8.28. The van der Waals surface area contributed by atoms with Gasteiger partial charge in [0.15, 0.2) is 9.84 Å². The highest BCUT2D eigenvalue weighted by Crippen LogP contribution is 2.21. The summed E-state index contributed by atoms with van der Waals surface area (Å²) in [6.45, 7) is 0. The van der Waals surface area contributed by atoms with Gasteiger partial charge in [0.2, 0.25) is 0 Å². The number of sulfone groups is 1. The third kappa shape index (κ3) is 4.64. The highest BCUT2D eigenvalue weighted by Gasteiger charge is 2.12. The normalized spacial score (nSPS) is 11.1. The number of hydrogen-bond donors (Lipinski definition) is 0. The Hall–Kier alpha value is -0.380. The number of halogens is 2. The van der Waals surface area contributed by atoms with E-state index in [2.05, 4.69) is 31.9 Å². The van der Waals surface area contributed by atoms with E-state index in [1.54, 1.807) is 12.1 Å². The second-order valence-corrected chi connectivity index (χ2v) is 7.29. The van der Waals surface area contributed by atoms with Gasteiger partial charge in [-0.25, -0.2) is 8.42 Å². The third-order valence-electron chi connectivity index (χ3n) is 1.83. The summed E-state index contributed by atoms with van der Waals surface area (Å²) in [5.74, 6) is -0.125. The van der Waals surface area contributed by atoms with Crippen molar-refractivity contribution in [2.75, 3.05) is 5.75 Å². The number of hydrogen-bond acceptors (Lipinski definition) is 3. The van der Waals surface area contributed by atoms with E-state index in [0.717, 1.165) is 8.95 Å². The third-order valence-corrected chi connectivity index (χ3v) is 4.35. The minimum atomic E-state index is -3.19. The Morgan fingerprint density at radius 3 is 2.25 bits per heavy atom. The zero-order chi connectivity index (χ0) is 12.2. The van der Waals surface area contributed by atoms with Crippen molar-refractivity contribution >= 4 is 41.7 Å². The van der Waals surface area contributed by atoms with Crippen molar-refractivity contribution in [3.63, 3.8) is 0 Å². The fourth-order valence-electron chi connectivity index (χ4n) is 1.22. The fourth-order valence-corrected chi connectivity index (χ4v) is 3.83. The first kappa shape index (κ1) is 13.7. The molecule has 0 aliphatic rings. The van der Waals surface area contributed by atoms with Crippen LogP contribution in [0.5, 0.6) is 0 Å². The van der Waals surface area contributed by atoms with E-state index < -0.39 is 9.84 Å². The molecular weight excluding hydrogens is 358 g/mol. The molecule has 0 amide bonds. The van der Waals surface area contributed by atoms with E-state index in [1.807, 2.05) is 12.1 Å². The van der Waals surface area contributed by atoms with Crippen molar-refractivity contribution in [2.45, 2.75) is 12.2 Å². The summed E-state index contributed by atoms with van der Waals surface area (Å²) in [5, 5.41) is 8.35. The monoisotopic (exact) mass is 365 g/mol. The first-order valence-electron chi connectivity index (χ1n) is 4.45. The Balaban J connectivity index is 2.84. The lowest BCUT2D eigenvalue weighted by Crippen LogP contribution is -2.08. The fraction of sp³-hybridized carbons (Fsp3) is 0.300. The molecule has 1 aromatic rings. The Bertz CT molecular complexity index is 500. The summed E-state index contributed by atoms with van der Waals surface area (Å²) < 4.78 is 24.9. The van der Waals surface area contributed by atoms with Gasteiger partial charge in [0.05, 0.1) is 17.6 Å². The lowest BCUT2D eigenvalue weighted by atomic mass is 10.2.